The third kappa shape index (κ3) is 2.20. The summed E-state index contributed by atoms with van der Waals surface area (Å²) in [5.41, 5.74) is 1.89. The maximum Gasteiger partial charge on any atom is 0.207 e. The summed E-state index contributed by atoms with van der Waals surface area (Å²) < 4.78 is 2.13. The summed E-state index contributed by atoms with van der Waals surface area (Å²) in [4.78, 5) is 18.9. The lowest BCUT2D eigenvalue weighted by molar-refractivity contribution is 0.585. The first-order valence-electron chi connectivity index (χ1n) is 8.16. The highest BCUT2D eigenvalue weighted by atomic mass is 15.3. The third-order valence-corrected chi connectivity index (χ3v) is 4.59. The maximum absolute atomic E-state index is 4.91. The SMILES string of the molecule is Cc1nc(N2CCNCC2)c2nc(N3CCCC3)n(C)c2n1. The molecule has 7 heteroatoms. The number of anilines is 2. The summed E-state index contributed by atoms with van der Waals surface area (Å²) in [5.74, 6) is 2.84. The lowest BCUT2D eigenvalue weighted by atomic mass is 10.3. The quantitative estimate of drug-likeness (QED) is 0.880. The van der Waals surface area contributed by atoms with Crippen molar-refractivity contribution >= 4 is 22.9 Å². The molecule has 118 valence electrons. The van der Waals surface area contributed by atoms with E-state index in [0.717, 1.165) is 68.0 Å². The molecule has 2 aliphatic rings. The van der Waals surface area contributed by atoms with E-state index in [1.54, 1.807) is 0 Å². The van der Waals surface area contributed by atoms with Gasteiger partial charge in [0.1, 0.15) is 5.82 Å². The third-order valence-electron chi connectivity index (χ3n) is 4.59. The minimum atomic E-state index is 0.817. The molecule has 2 saturated heterocycles. The van der Waals surface area contributed by atoms with Gasteiger partial charge in [-0.25, -0.2) is 15.0 Å². The van der Waals surface area contributed by atoms with Crippen molar-refractivity contribution < 1.29 is 0 Å². The second-order valence-corrected chi connectivity index (χ2v) is 6.17. The molecule has 2 fully saturated rings. The molecule has 2 aliphatic heterocycles. The highest BCUT2D eigenvalue weighted by Gasteiger charge is 2.24. The largest absolute Gasteiger partial charge is 0.352 e. The molecule has 0 aromatic carbocycles. The van der Waals surface area contributed by atoms with E-state index in [2.05, 4.69) is 31.7 Å². The molecule has 0 unspecified atom stereocenters. The number of rotatable bonds is 2. The summed E-state index contributed by atoms with van der Waals surface area (Å²) in [6, 6.07) is 0. The molecule has 0 bridgehead atoms. The number of nitrogens with zero attached hydrogens (tertiary/aromatic N) is 6. The molecule has 0 aliphatic carbocycles. The van der Waals surface area contributed by atoms with Crippen LogP contribution in [0.1, 0.15) is 18.7 Å². The summed E-state index contributed by atoms with van der Waals surface area (Å²) in [6.45, 7) is 8.09. The van der Waals surface area contributed by atoms with Gasteiger partial charge in [-0.1, -0.05) is 0 Å². The van der Waals surface area contributed by atoms with Gasteiger partial charge in [0.25, 0.3) is 0 Å². The Hall–Kier alpha value is -1.89. The van der Waals surface area contributed by atoms with Crippen LogP contribution in [0.25, 0.3) is 11.2 Å². The molecule has 1 N–H and O–H groups in total. The topological polar surface area (TPSA) is 62.1 Å². The van der Waals surface area contributed by atoms with E-state index < -0.39 is 0 Å². The number of hydrogen-bond donors (Lipinski definition) is 1. The van der Waals surface area contributed by atoms with Crippen LogP contribution in [-0.4, -0.2) is 58.8 Å². The van der Waals surface area contributed by atoms with E-state index in [0.29, 0.717) is 0 Å². The molecule has 4 heterocycles. The van der Waals surface area contributed by atoms with Crippen LogP contribution in [0.2, 0.25) is 0 Å². The van der Waals surface area contributed by atoms with Gasteiger partial charge in [-0.05, 0) is 19.8 Å². The number of nitrogens with one attached hydrogen (secondary N) is 1. The van der Waals surface area contributed by atoms with Gasteiger partial charge in [-0.3, -0.25) is 4.57 Å². The number of aromatic nitrogens is 4. The molecule has 0 amide bonds. The number of fused-ring (bicyclic) bond motifs is 1. The lowest BCUT2D eigenvalue weighted by Gasteiger charge is -2.28. The number of aryl methyl sites for hydroxylation is 2. The van der Waals surface area contributed by atoms with E-state index in [-0.39, 0.29) is 0 Å². The first-order chi connectivity index (χ1) is 10.7. The van der Waals surface area contributed by atoms with Crippen molar-refractivity contribution in [2.75, 3.05) is 49.1 Å². The molecule has 2 aromatic heterocycles. The lowest BCUT2D eigenvalue weighted by Crippen LogP contribution is -2.44. The Kier molecular flexibility index (Phi) is 3.37. The molecule has 2 aromatic rings. The number of imidazole rings is 1. The highest BCUT2D eigenvalue weighted by molar-refractivity contribution is 5.86. The minimum Gasteiger partial charge on any atom is -0.352 e. The van der Waals surface area contributed by atoms with Gasteiger partial charge in [0.15, 0.2) is 17.0 Å². The van der Waals surface area contributed by atoms with Crippen molar-refractivity contribution in [3.8, 4) is 0 Å². The fourth-order valence-electron chi connectivity index (χ4n) is 3.44. The summed E-state index contributed by atoms with van der Waals surface area (Å²) in [5, 5.41) is 3.39. The van der Waals surface area contributed by atoms with Crippen LogP contribution in [0.4, 0.5) is 11.8 Å². The Morgan fingerprint density at radius 1 is 0.909 bits per heavy atom. The minimum absolute atomic E-state index is 0.817. The van der Waals surface area contributed by atoms with Crippen LogP contribution in [0, 0.1) is 6.92 Å². The van der Waals surface area contributed by atoms with Gasteiger partial charge in [-0.2, -0.15) is 0 Å². The number of hydrogen-bond acceptors (Lipinski definition) is 6. The zero-order valence-corrected chi connectivity index (χ0v) is 13.3. The van der Waals surface area contributed by atoms with Crippen molar-refractivity contribution in [2.24, 2.45) is 7.05 Å². The molecule has 7 nitrogen and oxygen atoms in total. The number of piperazine rings is 1. The van der Waals surface area contributed by atoms with Crippen LogP contribution in [0.3, 0.4) is 0 Å². The average Bonchev–Trinajstić information content (AvgIpc) is 3.16. The second-order valence-electron chi connectivity index (χ2n) is 6.17. The summed E-state index contributed by atoms with van der Waals surface area (Å²) >= 11 is 0. The normalized spacial score (nSPS) is 19.4. The second kappa shape index (κ2) is 5.39. The van der Waals surface area contributed by atoms with Crippen LogP contribution >= 0.6 is 0 Å². The molecular formula is C15H23N7. The highest BCUT2D eigenvalue weighted by Crippen LogP contribution is 2.28. The zero-order chi connectivity index (χ0) is 15.1. The molecule has 0 radical (unpaired) electrons. The standard InChI is InChI=1S/C15H23N7/c1-11-17-13-12(14(18-11)21-9-5-16-6-10-21)19-15(20(13)2)22-7-3-4-8-22/h16H,3-10H2,1-2H3. The Balaban J connectivity index is 1.83. The van der Waals surface area contributed by atoms with E-state index >= 15 is 0 Å². The molecule has 0 spiro atoms. The van der Waals surface area contributed by atoms with Crippen LogP contribution < -0.4 is 15.1 Å². The van der Waals surface area contributed by atoms with Crippen molar-refractivity contribution in [2.45, 2.75) is 19.8 Å². The smallest absolute Gasteiger partial charge is 0.207 e. The van der Waals surface area contributed by atoms with Gasteiger partial charge in [-0.15, -0.1) is 0 Å². The monoisotopic (exact) mass is 301 g/mol. The maximum atomic E-state index is 4.91. The fourth-order valence-corrected chi connectivity index (χ4v) is 3.44. The van der Waals surface area contributed by atoms with Crippen molar-refractivity contribution in [3.63, 3.8) is 0 Å². The van der Waals surface area contributed by atoms with Gasteiger partial charge < -0.3 is 15.1 Å². The first-order valence-corrected chi connectivity index (χ1v) is 8.16. The Morgan fingerprint density at radius 3 is 2.36 bits per heavy atom. The van der Waals surface area contributed by atoms with Crippen LogP contribution in [0.15, 0.2) is 0 Å². The van der Waals surface area contributed by atoms with Gasteiger partial charge in [0, 0.05) is 46.3 Å². The summed E-state index contributed by atoms with van der Waals surface area (Å²) in [7, 11) is 2.07. The van der Waals surface area contributed by atoms with Gasteiger partial charge in [0.05, 0.1) is 0 Å². The molecule has 4 rings (SSSR count). The van der Waals surface area contributed by atoms with Gasteiger partial charge >= 0.3 is 0 Å². The average molecular weight is 301 g/mol. The van der Waals surface area contributed by atoms with Gasteiger partial charge in [0.2, 0.25) is 5.95 Å². The van der Waals surface area contributed by atoms with E-state index in [9.17, 15) is 0 Å². The first kappa shape index (κ1) is 13.8. The van der Waals surface area contributed by atoms with Crippen LogP contribution in [0.5, 0.6) is 0 Å². The van der Waals surface area contributed by atoms with E-state index in [1.807, 2.05) is 6.92 Å². The Labute approximate surface area is 130 Å². The summed E-state index contributed by atoms with van der Waals surface area (Å²) in [6.07, 6.45) is 2.50. The predicted molar refractivity (Wildman–Crippen MR) is 87.6 cm³/mol. The van der Waals surface area contributed by atoms with Crippen molar-refractivity contribution in [1.29, 1.82) is 0 Å². The molecule has 22 heavy (non-hydrogen) atoms. The molecule has 0 saturated carbocycles. The van der Waals surface area contributed by atoms with Crippen molar-refractivity contribution in [1.82, 2.24) is 24.8 Å². The van der Waals surface area contributed by atoms with E-state index in [1.165, 1.54) is 12.8 Å². The Morgan fingerprint density at radius 2 is 1.64 bits per heavy atom. The van der Waals surface area contributed by atoms with Crippen molar-refractivity contribution in [3.05, 3.63) is 5.82 Å². The van der Waals surface area contributed by atoms with Crippen LogP contribution in [-0.2, 0) is 7.05 Å². The molecular weight excluding hydrogens is 278 g/mol. The zero-order valence-electron chi connectivity index (χ0n) is 13.3. The predicted octanol–water partition coefficient (Wildman–Crippen LogP) is 0.682. The Bertz CT molecular complexity index is 681. The molecule has 0 atom stereocenters. The fraction of sp³-hybridized carbons (Fsp3) is 0.667. The van der Waals surface area contributed by atoms with E-state index in [4.69, 9.17) is 9.97 Å².